The normalized spacial score (nSPS) is 18.3. The van der Waals surface area contributed by atoms with Gasteiger partial charge in [-0.3, -0.25) is 14.4 Å². The van der Waals surface area contributed by atoms with Gasteiger partial charge in [-0.25, -0.2) is 8.78 Å². The van der Waals surface area contributed by atoms with E-state index in [0.29, 0.717) is 6.42 Å². The van der Waals surface area contributed by atoms with Crippen molar-refractivity contribution in [2.24, 2.45) is 5.92 Å². The lowest BCUT2D eigenvalue weighted by atomic mass is 10.0. The minimum atomic E-state index is -1.15. The zero-order valence-electron chi connectivity index (χ0n) is 13.1. The van der Waals surface area contributed by atoms with Crippen molar-refractivity contribution < 1.29 is 28.3 Å². The van der Waals surface area contributed by atoms with Crippen molar-refractivity contribution in [2.75, 3.05) is 13.1 Å². The van der Waals surface area contributed by atoms with E-state index in [2.05, 4.69) is 5.32 Å². The molecule has 0 aromatic heterocycles. The van der Waals surface area contributed by atoms with E-state index in [1.165, 1.54) is 17.9 Å². The lowest BCUT2D eigenvalue weighted by Gasteiger charge is -2.22. The first kappa shape index (κ1) is 17.8. The Morgan fingerprint density at radius 1 is 1.33 bits per heavy atom. The number of carbonyl (C=O) groups is 3. The zero-order valence-corrected chi connectivity index (χ0v) is 13.1. The van der Waals surface area contributed by atoms with Crippen LogP contribution in [-0.4, -0.2) is 40.9 Å². The Hall–Kier alpha value is -2.51. The van der Waals surface area contributed by atoms with Crippen LogP contribution in [-0.2, 0) is 14.4 Å². The molecule has 1 heterocycles. The minimum Gasteiger partial charge on any atom is -0.481 e. The van der Waals surface area contributed by atoms with E-state index in [1.54, 1.807) is 0 Å². The molecule has 2 amide bonds. The van der Waals surface area contributed by atoms with Crippen molar-refractivity contribution >= 4 is 17.8 Å². The minimum absolute atomic E-state index is 0.0563. The maximum atomic E-state index is 14.0. The van der Waals surface area contributed by atoms with Crippen LogP contribution in [0.2, 0.25) is 0 Å². The fraction of sp³-hybridized carbons (Fsp3) is 0.438. The van der Waals surface area contributed by atoms with Gasteiger partial charge in [0.05, 0.1) is 18.4 Å². The Bertz CT molecular complexity index is 645. The number of benzene rings is 1. The molecule has 1 aliphatic heterocycles. The van der Waals surface area contributed by atoms with Gasteiger partial charge in [0, 0.05) is 25.6 Å². The third-order valence-electron chi connectivity index (χ3n) is 3.99. The lowest BCUT2D eigenvalue weighted by Crippen LogP contribution is -2.36. The van der Waals surface area contributed by atoms with E-state index in [0.717, 1.165) is 12.1 Å². The van der Waals surface area contributed by atoms with Crippen LogP contribution in [0.15, 0.2) is 18.2 Å². The van der Waals surface area contributed by atoms with Gasteiger partial charge >= 0.3 is 5.97 Å². The fourth-order valence-corrected chi connectivity index (χ4v) is 2.81. The number of hydrogen-bond acceptors (Lipinski definition) is 3. The molecule has 1 aliphatic rings. The van der Waals surface area contributed by atoms with Crippen LogP contribution in [0.25, 0.3) is 0 Å². The number of rotatable bonds is 5. The molecule has 8 heteroatoms. The van der Waals surface area contributed by atoms with Crippen molar-refractivity contribution in [1.29, 1.82) is 0 Å². The average molecular weight is 340 g/mol. The van der Waals surface area contributed by atoms with Gasteiger partial charge in [-0.05, 0) is 18.6 Å². The van der Waals surface area contributed by atoms with E-state index >= 15 is 0 Å². The van der Waals surface area contributed by atoms with Crippen LogP contribution in [0.3, 0.4) is 0 Å². The Labute approximate surface area is 137 Å². The summed E-state index contributed by atoms with van der Waals surface area (Å²) in [5, 5.41) is 11.4. The summed E-state index contributed by atoms with van der Waals surface area (Å²) in [4.78, 5) is 36.0. The molecular formula is C16H18F2N2O4. The average Bonchev–Trinajstić information content (AvgIpc) is 2.96. The first-order valence-corrected chi connectivity index (χ1v) is 7.51. The molecule has 1 fully saturated rings. The molecule has 1 aromatic carbocycles. The summed E-state index contributed by atoms with van der Waals surface area (Å²) >= 11 is 0. The highest BCUT2D eigenvalue weighted by atomic mass is 19.1. The SMILES string of the molecule is CC(=O)N[C@H](CC(=O)N1CC[C@H](C(=O)O)C1)c1c(F)cccc1F. The Morgan fingerprint density at radius 2 is 1.96 bits per heavy atom. The van der Waals surface area contributed by atoms with Gasteiger partial charge < -0.3 is 15.3 Å². The summed E-state index contributed by atoms with van der Waals surface area (Å²) < 4.78 is 27.9. The smallest absolute Gasteiger partial charge is 0.308 e. The predicted octanol–water partition coefficient (Wildman–Crippen LogP) is 1.47. The summed E-state index contributed by atoms with van der Waals surface area (Å²) in [7, 11) is 0. The highest BCUT2D eigenvalue weighted by molar-refractivity contribution is 5.80. The molecular weight excluding hydrogens is 322 g/mol. The van der Waals surface area contributed by atoms with E-state index in [4.69, 9.17) is 5.11 Å². The molecule has 6 nitrogen and oxygen atoms in total. The third-order valence-corrected chi connectivity index (χ3v) is 3.99. The molecule has 0 spiro atoms. The number of hydrogen-bond donors (Lipinski definition) is 2. The standard InChI is InChI=1S/C16H18F2N2O4/c1-9(21)19-13(15-11(17)3-2-4-12(15)18)7-14(22)20-6-5-10(8-20)16(23)24/h2-4,10,13H,5-8H2,1H3,(H,19,21)(H,23,24)/t10-,13+/m0/s1. The molecule has 0 aliphatic carbocycles. The van der Waals surface area contributed by atoms with E-state index in [1.807, 2.05) is 0 Å². The van der Waals surface area contributed by atoms with Gasteiger partial charge in [-0.15, -0.1) is 0 Å². The molecule has 0 bridgehead atoms. The molecule has 24 heavy (non-hydrogen) atoms. The first-order valence-electron chi connectivity index (χ1n) is 7.51. The highest BCUT2D eigenvalue weighted by Crippen LogP contribution is 2.26. The largest absolute Gasteiger partial charge is 0.481 e. The molecule has 1 aromatic rings. The second-order valence-corrected chi connectivity index (χ2v) is 5.76. The van der Waals surface area contributed by atoms with Gasteiger partial charge in [0.2, 0.25) is 11.8 Å². The quantitative estimate of drug-likeness (QED) is 0.850. The Balaban J connectivity index is 2.16. The van der Waals surface area contributed by atoms with Gasteiger partial charge in [0.25, 0.3) is 0 Å². The molecule has 0 unspecified atom stereocenters. The number of aliphatic carboxylic acids is 1. The molecule has 2 rings (SSSR count). The molecule has 2 atom stereocenters. The van der Waals surface area contributed by atoms with Crippen molar-refractivity contribution in [3.8, 4) is 0 Å². The second-order valence-electron chi connectivity index (χ2n) is 5.76. The number of carbonyl (C=O) groups excluding carboxylic acids is 2. The van der Waals surface area contributed by atoms with Gasteiger partial charge in [-0.2, -0.15) is 0 Å². The number of carboxylic acid groups (broad SMARTS) is 1. The number of halogens is 2. The molecule has 2 N–H and O–H groups in total. The number of nitrogens with one attached hydrogen (secondary N) is 1. The topological polar surface area (TPSA) is 86.7 Å². The van der Waals surface area contributed by atoms with Crippen molar-refractivity contribution in [2.45, 2.75) is 25.8 Å². The number of likely N-dealkylation sites (tertiary alicyclic amines) is 1. The summed E-state index contributed by atoms with van der Waals surface area (Å²) in [6, 6.07) is 2.14. The van der Waals surface area contributed by atoms with Crippen LogP contribution in [0, 0.1) is 17.6 Å². The second kappa shape index (κ2) is 7.37. The van der Waals surface area contributed by atoms with E-state index < -0.39 is 41.4 Å². The first-order chi connectivity index (χ1) is 11.3. The number of carboxylic acids is 1. The Kier molecular flexibility index (Phi) is 5.48. The van der Waals surface area contributed by atoms with Gasteiger partial charge in [0.1, 0.15) is 11.6 Å². The molecule has 130 valence electrons. The predicted molar refractivity (Wildman–Crippen MR) is 79.9 cm³/mol. The monoisotopic (exact) mass is 340 g/mol. The zero-order chi connectivity index (χ0) is 17.9. The fourth-order valence-electron chi connectivity index (χ4n) is 2.81. The van der Waals surface area contributed by atoms with Gasteiger partial charge in [0.15, 0.2) is 0 Å². The number of nitrogens with zero attached hydrogens (tertiary/aromatic N) is 1. The van der Waals surface area contributed by atoms with Crippen molar-refractivity contribution in [3.05, 3.63) is 35.4 Å². The summed E-state index contributed by atoms with van der Waals surface area (Å²) in [6.45, 7) is 1.51. The molecule has 1 saturated heterocycles. The maximum Gasteiger partial charge on any atom is 0.308 e. The van der Waals surface area contributed by atoms with Crippen LogP contribution in [0.5, 0.6) is 0 Å². The van der Waals surface area contributed by atoms with Crippen LogP contribution in [0.1, 0.15) is 31.4 Å². The molecule has 0 radical (unpaired) electrons. The summed E-state index contributed by atoms with van der Waals surface area (Å²) in [5.74, 6) is -4.32. The van der Waals surface area contributed by atoms with Crippen molar-refractivity contribution in [1.82, 2.24) is 10.2 Å². The third kappa shape index (κ3) is 4.06. The summed E-state index contributed by atoms with van der Waals surface area (Å²) in [6.07, 6.45) is -0.0102. The van der Waals surface area contributed by atoms with Crippen molar-refractivity contribution in [3.63, 3.8) is 0 Å². The van der Waals surface area contributed by atoms with E-state index in [9.17, 15) is 23.2 Å². The maximum absolute atomic E-state index is 14.0. The van der Waals surface area contributed by atoms with Crippen LogP contribution in [0.4, 0.5) is 8.78 Å². The molecule has 0 saturated carbocycles. The highest BCUT2D eigenvalue weighted by Gasteiger charge is 2.33. The number of amides is 2. The van der Waals surface area contributed by atoms with Crippen LogP contribution < -0.4 is 5.32 Å². The van der Waals surface area contributed by atoms with Crippen LogP contribution >= 0.6 is 0 Å². The Morgan fingerprint density at radius 3 is 2.46 bits per heavy atom. The van der Waals surface area contributed by atoms with E-state index in [-0.39, 0.29) is 25.1 Å². The summed E-state index contributed by atoms with van der Waals surface area (Å²) in [5.41, 5.74) is -0.380. The lowest BCUT2D eigenvalue weighted by molar-refractivity contribution is -0.141. The van der Waals surface area contributed by atoms with Gasteiger partial charge in [-0.1, -0.05) is 6.07 Å².